The molecule has 154 valence electrons. The van der Waals surface area contributed by atoms with Gasteiger partial charge in [0.05, 0.1) is 23.6 Å². The molecule has 1 aliphatic heterocycles. The first kappa shape index (κ1) is 19.2. The summed E-state index contributed by atoms with van der Waals surface area (Å²) in [5, 5.41) is 10.6. The molecular formula is C23H24FN5S. The van der Waals surface area contributed by atoms with Crippen molar-refractivity contribution in [2.45, 2.75) is 29.9 Å². The highest BCUT2D eigenvalue weighted by Crippen LogP contribution is 2.34. The number of aromatic nitrogens is 4. The van der Waals surface area contributed by atoms with E-state index >= 15 is 0 Å². The molecular weight excluding hydrogens is 397 g/mol. The van der Waals surface area contributed by atoms with Gasteiger partial charge in [-0.3, -0.25) is 4.68 Å². The molecule has 0 amide bonds. The van der Waals surface area contributed by atoms with Gasteiger partial charge in [-0.2, -0.15) is 10.2 Å². The SMILES string of the molecule is Cc1cc2c(cnn2-c2ccc(F)cc2)cc1N1CCC(Sc2cnn(C)c2)CC1. The van der Waals surface area contributed by atoms with Crippen molar-refractivity contribution in [2.24, 2.45) is 7.05 Å². The van der Waals surface area contributed by atoms with E-state index in [1.807, 2.05) is 40.6 Å². The van der Waals surface area contributed by atoms with Crippen molar-refractivity contribution in [3.63, 3.8) is 0 Å². The average Bonchev–Trinajstić information content (AvgIpc) is 3.34. The molecule has 5 rings (SSSR count). The number of benzene rings is 2. The van der Waals surface area contributed by atoms with Crippen LogP contribution in [-0.2, 0) is 7.05 Å². The molecule has 1 aliphatic rings. The molecule has 0 N–H and O–H groups in total. The second-order valence-corrected chi connectivity index (χ2v) is 9.26. The summed E-state index contributed by atoms with van der Waals surface area (Å²) in [7, 11) is 1.96. The fraction of sp³-hybridized carbons (Fsp3) is 0.304. The Balaban J connectivity index is 1.34. The number of thioether (sulfide) groups is 1. The number of hydrogen-bond donors (Lipinski definition) is 0. The summed E-state index contributed by atoms with van der Waals surface area (Å²) in [6.45, 7) is 4.26. The van der Waals surface area contributed by atoms with Gasteiger partial charge >= 0.3 is 0 Å². The Hall–Kier alpha value is -2.80. The van der Waals surface area contributed by atoms with Crippen molar-refractivity contribution < 1.29 is 4.39 Å². The van der Waals surface area contributed by atoms with Crippen LogP contribution < -0.4 is 4.90 Å². The molecule has 0 aliphatic carbocycles. The van der Waals surface area contributed by atoms with Crippen molar-refractivity contribution in [3.8, 4) is 5.69 Å². The number of halogens is 1. The minimum absolute atomic E-state index is 0.237. The van der Waals surface area contributed by atoms with Gasteiger partial charge in [0, 0.05) is 47.6 Å². The van der Waals surface area contributed by atoms with E-state index in [1.165, 1.54) is 28.3 Å². The molecule has 0 spiro atoms. The highest BCUT2D eigenvalue weighted by atomic mass is 32.2. The second kappa shape index (κ2) is 7.80. The summed E-state index contributed by atoms with van der Waals surface area (Å²) in [5.74, 6) is -0.237. The van der Waals surface area contributed by atoms with Gasteiger partial charge in [-0.05, 0) is 61.7 Å². The predicted octanol–water partition coefficient (Wildman–Crippen LogP) is 4.97. The number of nitrogens with zero attached hydrogens (tertiary/aromatic N) is 5. The Labute approximate surface area is 179 Å². The van der Waals surface area contributed by atoms with Gasteiger partial charge in [0.25, 0.3) is 0 Å². The van der Waals surface area contributed by atoms with Crippen molar-refractivity contribution in [1.29, 1.82) is 0 Å². The largest absolute Gasteiger partial charge is 0.371 e. The molecule has 4 aromatic rings. The first-order chi connectivity index (χ1) is 14.6. The van der Waals surface area contributed by atoms with Gasteiger partial charge in [-0.25, -0.2) is 9.07 Å². The number of hydrogen-bond acceptors (Lipinski definition) is 4. The lowest BCUT2D eigenvalue weighted by Crippen LogP contribution is -2.35. The maximum atomic E-state index is 13.3. The standard InChI is InChI=1S/C23H24FN5S/c1-16-11-23-17(13-26-29(23)19-5-3-18(24)4-6-19)12-22(16)28-9-7-20(8-10-28)30-21-14-25-27(2)15-21/h3-6,11-15,20H,7-10H2,1-2H3. The lowest BCUT2D eigenvalue weighted by Gasteiger charge is -2.34. The summed E-state index contributed by atoms with van der Waals surface area (Å²) < 4.78 is 17.0. The van der Waals surface area contributed by atoms with Crippen LogP contribution in [0, 0.1) is 12.7 Å². The van der Waals surface area contributed by atoms with Crippen LogP contribution in [0.2, 0.25) is 0 Å². The van der Waals surface area contributed by atoms with Crippen LogP contribution in [-0.4, -0.2) is 37.9 Å². The zero-order valence-corrected chi connectivity index (χ0v) is 17.9. The molecule has 5 nitrogen and oxygen atoms in total. The Morgan fingerprint density at radius 3 is 2.50 bits per heavy atom. The highest BCUT2D eigenvalue weighted by molar-refractivity contribution is 8.00. The van der Waals surface area contributed by atoms with Crippen molar-refractivity contribution >= 4 is 28.4 Å². The van der Waals surface area contributed by atoms with E-state index in [-0.39, 0.29) is 5.82 Å². The molecule has 7 heteroatoms. The first-order valence-electron chi connectivity index (χ1n) is 10.2. The topological polar surface area (TPSA) is 38.9 Å². The maximum absolute atomic E-state index is 13.3. The van der Waals surface area contributed by atoms with Crippen LogP contribution in [0.1, 0.15) is 18.4 Å². The Bertz CT molecular complexity index is 1170. The van der Waals surface area contributed by atoms with E-state index in [9.17, 15) is 4.39 Å². The number of piperidine rings is 1. The number of aryl methyl sites for hydroxylation is 2. The lowest BCUT2D eigenvalue weighted by atomic mass is 10.1. The Morgan fingerprint density at radius 1 is 1.03 bits per heavy atom. The molecule has 0 bridgehead atoms. The van der Waals surface area contributed by atoms with Crippen LogP contribution in [0.25, 0.3) is 16.6 Å². The third-order valence-electron chi connectivity index (χ3n) is 5.72. The van der Waals surface area contributed by atoms with Gasteiger partial charge in [0.1, 0.15) is 5.82 Å². The molecule has 3 heterocycles. The fourth-order valence-corrected chi connectivity index (χ4v) is 5.31. The number of fused-ring (bicyclic) bond motifs is 1. The van der Waals surface area contributed by atoms with E-state index < -0.39 is 0 Å². The molecule has 0 radical (unpaired) electrons. The van der Waals surface area contributed by atoms with Gasteiger partial charge < -0.3 is 4.90 Å². The van der Waals surface area contributed by atoms with Crippen LogP contribution in [0.15, 0.2) is 59.9 Å². The molecule has 0 unspecified atom stereocenters. The van der Waals surface area contributed by atoms with Crippen LogP contribution in [0.4, 0.5) is 10.1 Å². The number of anilines is 1. The minimum Gasteiger partial charge on any atom is -0.371 e. The summed E-state index contributed by atoms with van der Waals surface area (Å²) in [6.07, 6.45) is 8.26. The highest BCUT2D eigenvalue weighted by Gasteiger charge is 2.22. The second-order valence-electron chi connectivity index (χ2n) is 7.88. The Kier molecular flexibility index (Phi) is 4.98. The summed E-state index contributed by atoms with van der Waals surface area (Å²) >= 11 is 1.94. The number of rotatable bonds is 4. The molecule has 0 saturated carbocycles. The molecule has 30 heavy (non-hydrogen) atoms. The third-order valence-corrected chi connectivity index (χ3v) is 7.01. The van der Waals surface area contributed by atoms with E-state index in [0.717, 1.165) is 42.5 Å². The minimum atomic E-state index is -0.237. The third kappa shape index (κ3) is 3.69. The van der Waals surface area contributed by atoms with E-state index in [2.05, 4.69) is 40.4 Å². The predicted molar refractivity (Wildman–Crippen MR) is 120 cm³/mol. The monoisotopic (exact) mass is 421 g/mol. The quantitative estimate of drug-likeness (QED) is 0.466. The van der Waals surface area contributed by atoms with Crippen molar-refractivity contribution in [1.82, 2.24) is 19.6 Å². The molecule has 1 saturated heterocycles. The van der Waals surface area contributed by atoms with Gasteiger partial charge in [0.15, 0.2) is 0 Å². The van der Waals surface area contributed by atoms with E-state index in [4.69, 9.17) is 0 Å². The van der Waals surface area contributed by atoms with Gasteiger partial charge in [-0.1, -0.05) is 0 Å². The van der Waals surface area contributed by atoms with Crippen LogP contribution in [0.3, 0.4) is 0 Å². The van der Waals surface area contributed by atoms with E-state index in [0.29, 0.717) is 5.25 Å². The lowest BCUT2D eigenvalue weighted by molar-refractivity contribution is 0.590. The summed E-state index contributed by atoms with van der Waals surface area (Å²) in [5.41, 5.74) is 4.44. The zero-order valence-electron chi connectivity index (χ0n) is 17.1. The maximum Gasteiger partial charge on any atom is 0.123 e. The molecule has 2 aromatic heterocycles. The van der Waals surface area contributed by atoms with Gasteiger partial charge in [-0.15, -0.1) is 11.8 Å². The zero-order chi connectivity index (χ0) is 20.7. The summed E-state index contributed by atoms with van der Waals surface area (Å²) in [4.78, 5) is 3.74. The smallest absolute Gasteiger partial charge is 0.123 e. The van der Waals surface area contributed by atoms with Gasteiger partial charge in [0.2, 0.25) is 0 Å². The normalized spacial score (nSPS) is 15.2. The molecule has 2 aromatic carbocycles. The van der Waals surface area contributed by atoms with E-state index in [1.54, 1.807) is 12.1 Å². The molecule has 1 fully saturated rings. The van der Waals surface area contributed by atoms with Crippen LogP contribution >= 0.6 is 11.8 Å². The Morgan fingerprint density at radius 2 is 1.80 bits per heavy atom. The van der Waals surface area contributed by atoms with Crippen LogP contribution in [0.5, 0.6) is 0 Å². The average molecular weight is 422 g/mol. The van der Waals surface area contributed by atoms with Crippen molar-refractivity contribution in [3.05, 3.63) is 66.4 Å². The fourth-order valence-electron chi connectivity index (χ4n) is 4.16. The molecule has 0 atom stereocenters. The first-order valence-corrected chi connectivity index (χ1v) is 11.1. The van der Waals surface area contributed by atoms with Crippen molar-refractivity contribution in [2.75, 3.05) is 18.0 Å². The summed E-state index contributed by atoms with van der Waals surface area (Å²) in [6, 6.07) is 10.9.